The van der Waals surface area contributed by atoms with E-state index >= 15 is 0 Å². The Morgan fingerprint density at radius 2 is 1.81 bits per heavy atom. The number of nitrogens with zero attached hydrogens (tertiary/aromatic N) is 1. The number of halogens is 1. The fourth-order valence-corrected chi connectivity index (χ4v) is 1.99. The van der Waals surface area contributed by atoms with Crippen LogP contribution in [0.3, 0.4) is 0 Å². The number of likely N-dealkylation sites (tertiary alicyclic amines) is 1. The normalized spacial score (nSPS) is 17.5. The van der Waals surface area contributed by atoms with Gasteiger partial charge in [-0.25, -0.2) is 4.39 Å². The minimum absolute atomic E-state index is 0.0203. The molecular formula is C13H16FNO. The summed E-state index contributed by atoms with van der Waals surface area (Å²) in [5.41, 5.74) is 0.580. The van der Waals surface area contributed by atoms with Crippen molar-refractivity contribution in [2.24, 2.45) is 5.92 Å². The van der Waals surface area contributed by atoms with Gasteiger partial charge in [0.2, 0.25) is 0 Å². The van der Waals surface area contributed by atoms with Crippen LogP contribution < -0.4 is 0 Å². The van der Waals surface area contributed by atoms with Gasteiger partial charge in [-0.1, -0.05) is 6.92 Å². The average molecular weight is 221 g/mol. The van der Waals surface area contributed by atoms with Crippen LogP contribution in [-0.4, -0.2) is 23.9 Å². The van der Waals surface area contributed by atoms with Crippen LogP contribution in [0.25, 0.3) is 0 Å². The minimum atomic E-state index is -0.302. The molecule has 2 rings (SSSR count). The highest BCUT2D eigenvalue weighted by Crippen LogP contribution is 2.18. The molecule has 0 radical (unpaired) electrons. The van der Waals surface area contributed by atoms with E-state index in [-0.39, 0.29) is 11.7 Å². The van der Waals surface area contributed by atoms with E-state index in [1.807, 2.05) is 4.90 Å². The molecule has 1 aliphatic heterocycles. The van der Waals surface area contributed by atoms with Crippen LogP contribution in [0, 0.1) is 11.7 Å². The number of hydrogen-bond acceptors (Lipinski definition) is 1. The molecule has 1 fully saturated rings. The van der Waals surface area contributed by atoms with Crippen LogP contribution in [0.4, 0.5) is 4.39 Å². The fourth-order valence-electron chi connectivity index (χ4n) is 1.99. The van der Waals surface area contributed by atoms with Crippen LogP contribution in [-0.2, 0) is 0 Å². The van der Waals surface area contributed by atoms with Crippen molar-refractivity contribution in [3.8, 4) is 0 Å². The second kappa shape index (κ2) is 4.64. The molecule has 1 amide bonds. The monoisotopic (exact) mass is 221 g/mol. The van der Waals surface area contributed by atoms with Crippen LogP contribution in [0.5, 0.6) is 0 Å². The molecule has 86 valence electrons. The van der Waals surface area contributed by atoms with E-state index in [1.165, 1.54) is 12.1 Å². The topological polar surface area (TPSA) is 20.3 Å². The summed E-state index contributed by atoms with van der Waals surface area (Å²) in [7, 11) is 0. The lowest BCUT2D eigenvalue weighted by Gasteiger charge is -2.30. The second-order valence-electron chi connectivity index (χ2n) is 4.48. The Kier molecular flexibility index (Phi) is 3.22. The van der Waals surface area contributed by atoms with Gasteiger partial charge in [0.1, 0.15) is 5.82 Å². The van der Waals surface area contributed by atoms with Crippen molar-refractivity contribution >= 4 is 5.91 Å². The van der Waals surface area contributed by atoms with Crippen molar-refractivity contribution < 1.29 is 9.18 Å². The van der Waals surface area contributed by atoms with E-state index < -0.39 is 0 Å². The summed E-state index contributed by atoms with van der Waals surface area (Å²) >= 11 is 0. The third-order valence-electron chi connectivity index (χ3n) is 3.16. The van der Waals surface area contributed by atoms with Crippen molar-refractivity contribution in [2.45, 2.75) is 19.8 Å². The van der Waals surface area contributed by atoms with Gasteiger partial charge in [-0.2, -0.15) is 0 Å². The van der Waals surface area contributed by atoms with E-state index in [0.717, 1.165) is 25.9 Å². The Morgan fingerprint density at radius 1 is 1.25 bits per heavy atom. The zero-order valence-electron chi connectivity index (χ0n) is 9.45. The summed E-state index contributed by atoms with van der Waals surface area (Å²) in [6, 6.07) is 5.77. The smallest absolute Gasteiger partial charge is 0.253 e. The first-order valence-corrected chi connectivity index (χ1v) is 5.71. The molecule has 0 N–H and O–H groups in total. The highest BCUT2D eigenvalue weighted by atomic mass is 19.1. The third-order valence-corrected chi connectivity index (χ3v) is 3.16. The average Bonchev–Trinajstić information content (AvgIpc) is 2.30. The Labute approximate surface area is 95.1 Å². The highest BCUT2D eigenvalue weighted by molar-refractivity contribution is 5.94. The number of amides is 1. The molecule has 0 aliphatic carbocycles. The van der Waals surface area contributed by atoms with Crippen molar-refractivity contribution in [1.29, 1.82) is 0 Å². The SMILES string of the molecule is CC1CCN(C(=O)c2ccc(F)cc2)CC1. The Morgan fingerprint density at radius 3 is 2.38 bits per heavy atom. The molecule has 0 spiro atoms. The highest BCUT2D eigenvalue weighted by Gasteiger charge is 2.21. The molecule has 1 aromatic carbocycles. The van der Waals surface area contributed by atoms with Gasteiger partial charge in [0, 0.05) is 18.7 Å². The van der Waals surface area contributed by atoms with Gasteiger partial charge in [-0.3, -0.25) is 4.79 Å². The zero-order chi connectivity index (χ0) is 11.5. The van der Waals surface area contributed by atoms with Gasteiger partial charge in [0.15, 0.2) is 0 Å². The van der Waals surface area contributed by atoms with Gasteiger partial charge in [0.05, 0.1) is 0 Å². The van der Waals surface area contributed by atoms with Gasteiger partial charge in [-0.05, 0) is 43.0 Å². The lowest BCUT2D eigenvalue weighted by Crippen LogP contribution is -2.37. The number of benzene rings is 1. The van der Waals surface area contributed by atoms with Crippen LogP contribution in [0.2, 0.25) is 0 Å². The molecule has 1 aromatic rings. The van der Waals surface area contributed by atoms with E-state index in [0.29, 0.717) is 11.5 Å². The van der Waals surface area contributed by atoms with Gasteiger partial charge in [0.25, 0.3) is 5.91 Å². The standard InChI is InChI=1S/C13H16FNO/c1-10-6-8-15(9-7-10)13(16)11-2-4-12(14)5-3-11/h2-5,10H,6-9H2,1H3. The first-order valence-electron chi connectivity index (χ1n) is 5.71. The Hall–Kier alpha value is -1.38. The predicted octanol–water partition coefficient (Wildman–Crippen LogP) is 2.70. The molecule has 0 unspecified atom stereocenters. The molecule has 16 heavy (non-hydrogen) atoms. The molecule has 3 heteroatoms. The third kappa shape index (κ3) is 2.40. The summed E-state index contributed by atoms with van der Waals surface area (Å²) in [4.78, 5) is 13.9. The number of piperidine rings is 1. The van der Waals surface area contributed by atoms with Gasteiger partial charge >= 0.3 is 0 Å². The quantitative estimate of drug-likeness (QED) is 0.714. The molecular weight excluding hydrogens is 205 g/mol. The Bertz CT molecular complexity index is 366. The molecule has 1 aliphatic rings. The first-order chi connectivity index (χ1) is 7.66. The second-order valence-corrected chi connectivity index (χ2v) is 4.48. The fraction of sp³-hybridized carbons (Fsp3) is 0.462. The van der Waals surface area contributed by atoms with Crippen LogP contribution in [0.1, 0.15) is 30.1 Å². The summed E-state index contributed by atoms with van der Waals surface area (Å²) in [5.74, 6) is 0.424. The van der Waals surface area contributed by atoms with Gasteiger partial charge in [-0.15, -0.1) is 0 Å². The first kappa shape index (κ1) is 11.1. The maximum atomic E-state index is 12.7. The minimum Gasteiger partial charge on any atom is -0.339 e. The van der Waals surface area contributed by atoms with Crippen molar-refractivity contribution in [1.82, 2.24) is 4.90 Å². The van der Waals surface area contributed by atoms with Crippen molar-refractivity contribution in [3.63, 3.8) is 0 Å². The molecule has 0 bridgehead atoms. The lowest BCUT2D eigenvalue weighted by molar-refractivity contribution is 0.0697. The molecule has 2 nitrogen and oxygen atoms in total. The van der Waals surface area contributed by atoms with E-state index in [2.05, 4.69) is 6.92 Å². The maximum absolute atomic E-state index is 12.7. The summed E-state index contributed by atoms with van der Waals surface area (Å²) in [5, 5.41) is 0. The van der Waals surface area contributed by atoms with Gasteiger partial charge < -0.3 is 4.90 Å². The Balaban J connectivity index is 2.05. The number of hydrogen-bond donors (Lipinski definition) is 0. The zero-order valence-corrected chi connectivity index (χ0v) is 9.45. The van der Waals surface area contributed by atoms with E-state index in [1.54, 1.807) is 12.1 Å². The maximum Gasteiger partial charge on any atom is 0.253 e. The predicted molar refractivity (Wildman–Crippen MR) is 60.7 cm³/mol. The van der Waals surface area contributed by atoms with Crippen LogP contribution >= 0.6 is 0 Å². The summed E-state index contributed by atoms with van der Waals surface area (Å²) in [6.45, 7) is 3.84. The summed E-state index contributed by atoms with van der Waals surface area (Å²) < 4.78 is 12.7. The largest absolute Gasteiger partial charge is 0.339 e. The molecule has 0 saturated carbocycles. The summed E-state index contributed by atoms with van der Waals surface area (Å²) in [6.07, 6.45) is 2.12. The van der Waals surface area contributed by atoms with Crippen molar-refractivity contribution in [3.05, 3.63) is 35.6 Å². The molecule has 1 heterocycles. The molecule has 1 saturated heterocycles. The van der Waals surface area contributed by atoms with Crippen LogP contribution in [0.15, 0.2) is 24.3 Å². The molecule has 0 aromatic heterocycles. The van der Waals surface area contributed by atoms with E-state index in [9.17, 15) is 9.18 Å². The van der Waals surface area contributed by atoms with E-state index in [4.69, 9.17) is 0 Å². The number of carbonyl (C=O) groups is 1. The lowest BCUT2D eigenvalue weighted by atomic mass is 9.98. The van der Waals surface area contributed by atoms with Crippen molar-refractivity contribution in [2.75, 3.05) is 13.1 Å². The number of rotatable bonds is 1. The molecule has 0 atom stereocenters. The number of carbonyl (C=O) groups excluding carboxylic acids is 1.